The second-order valence-corrected chi connectivity index (χ2v) is 15.1. The van der Waals surface area contributed by atoms with E-state index in [1.54, 1.807) is 31.1 Å². The number of aliphatic hydroxyl groups is 3. The molecule has 3 aliphatic carbocycles. The molecule has 0 saturated heterocycles. The van der Waals surface area contributed by atoms with Crippen molar-refractivity contribution in [2.75, 3.05) is 60.3 Å². The first-order valence-electron chi connectivity index (χ1n) is 17.5. The molecular weight excluding hydrogens is 666 g/mol. The summed E-state index contributed by atoms with van der Waals surface area (Å²) in [6, 6.07) is 14.6. The number of aromatic hydroxyl groups is 1. The van der Waals surface area contributed by atoms with Crippen LogP contribution in [0, 0.1) is 17.8 Å². The molecule has 52 heavy (non-hydrogen) atoms. The number of nitrogens with two attached hydrogens (primary N) is 1. The van der Waals surface area contributed by atoms with Crippen LogP contribution in [-0.4, -0.2) is 126 Å². The number of Topliss-reactive ketones (excluding diaryl/α,β-unsaturated/α-hetero) is 2. The molecular formula is C39H49N5O8. The highest BCUT2D eigenvalue weighted by Crippen LogP contribution is 2.54. The number of fused-ring (bicyclic) bond motifs is 3. The van der Waals surface area contributed by atoms with Gasteiger partial charge in [0.05, 0.1) is 23.8 Å². The molecule has 13 heteroatoms. The molecule has 278 valence electrons. The molecule has 0 radical (unpaired) electrons. The average Bonchev–Trinajstić information content (AvgIpc) is 3.53. The van der Waals surface area contributed by atoms with Crippen LogP contribution in [0.5, 0.6) is 5.75 Å². The third kappa shape index (κ3) is 6.30. The van der Waals surface area contributed by atoms with E-state index in [1.165, 1.54) is 5.56 Å². The first-order valence-corrected chi connectivity index (χ1v) is 17.5. The zero-order valence-corrected chi connectivity index (χ0v) is 30.5. The summed E-state index contributed by atoms with van der Waals surface area (Å²) in [4.78, 5) is 48.3. The lowest BCUT2D eigenvalue weighted by atomic mass is 9.54. The van der Waals surface area contributed by atoms with Gasteiger partial charge in [-0.2, -0.15) is 0 Å². The Labute approximate surface area is 303 Å². The predicted octanol–water partition coefficient (Wildman–Crippen LogP) is 2.02. The minimum atomic E-state index is -2.73. The number of carbonyl (C=O) groups excluding carboxylic acids is 3. The highest BCUT2D eigenvalue weighted by atomic mass is 16.3. The van der Waals surface area contributed by atoms with Crippen LogP contribution in [0.4, 0.5) is 5.69 Å². The standard InChI is InChI=1S/C39H49N5O8/c1-41(2)14-15-44(19-21-10-8-7-9-11-21)20-23-12-13-28(52-23)25-18-27(42(3)4)24-16-22-17-26-32(43(5)6)35(47)31(38(40)50)37(49)39(26,51)36(48)29(22)34(46)30(24)33(25)45/h7-13,18,22,26,31-32,35,45-47,51H,14-17,19-20H2,1-6H3,(H2,40,50)/t22-,26-,31?,32-,35?,39-/m0/s1. The van der Waals surface area contributed by atoms with Gasteiger partial charge < -0.3 is 45.3 Å². The largest absolute Gasteiger partial charge is 0.507 e. The molecule has 1 aromatic heterocycles. The number of phenols is 1. The number of carbonyl (C=O) groups is 3. The summed E-state index contributed by atoms with van der Waals surface area (Å²) in [5, 5.41) is 46.9. The molecule has 3 aromatic rings. The smallest absolute Gasteiger partial charge is 0.230 e. The van der Waals surface area contributed by atoms with E-state index in [-0.39, 0.29) is 29.7 Å². The molecule has 2 fully saturated rings. The van der Waals surface area contributed by atoms with Gasteiger partial charge >= 0.3 is 0 Å². The van der Waals surface area contributed by atoms with Gasteiger partial charge in [-0.1, -0.05) is 30.3 Å². The number of aliphatic hydroxyl groups excluding tert-OH is 2. The van der Waals surface area contributed by atoms with Gasteiger partial charge in [0.25, 0.3) is 0 Å². The molecule has 0 spiro atoms. The van der Waals surface area contributed by atoms with Gasteiger partial charge in [-0.05, 0) is 76.3 Å². The Morgan fingerprint density at radius 3 is 2.29 bits per heavy atom. The van der Waals surface area contributed by atoms with E-state index in [0.29, 0.717) is 41.4 Å². The van der Waals surface area contributed by atoms with E-state index in [0.717, 1.165) is 13.1 Å². The molecule has 1 heterocycles. The number of hydrogen-bond donors (Lipinski definition) is 5. The number of hydrogen-bond acceptors (Lipinski definition) is 12. The second kappa shape index (κ2) is 14.1. The number of rotatable bonds is 11. The first-order chi connectivity index (χ1) is 24.6. The predicted molar refractivity (Wildman–Crippen MR) is 195 cm³/mol. The number of anilines is 1. The molecule has 2 unspecified atom stereocenters. The van der Waals surface area contributed by atoms with Crippen LogP contribution in [0.1, 0.15) is 28.9 Å². The van der Waals surface area contributed by atoms with Crippen molar-refractivity contribution in [2.24, 2.45) is 23.5 Å². The monoisotopic (exact) mass is 715 g/mol. The van der Waals surface area contributed by atoms with Crippen LogP contribution in [-0.2, 0) is 33.9 Å². The molecule has 0 bridgehead atoms. The maximum Gasteiger partial charge on any atom is 0.230 e. The topological polar surface area (TPSA) is 184 Å². The molecule has 6 N–H and O–H groups in total. The fraction of sp³-hybridized carbons (Fsp3) is 0.462. The quantitative estimate of drug-likeness (QED) is 0.182. The van der Waals surface area contributed by atoms with Gasteiger partial charge in [0.15, 0.2) is 11.4 Å². The van der Waals surface area contributed by atoms with Crippen molar-refractivity contribution in [3.05, 3.63) is 76.6 Å². The highest BCUT2D eigenvalue weighted by Gasteiger charge is 2.67. The van der Waals surface area contributed by atoms with Crippen LogP contribution < -0.4 is 10.6 Å². The fourth-order valence-electron chi connectivity index (χ4n) is 8.46. The number of ketones is 2. The van der Waals surface area contributed by atoms with E-state index in [9.17, 15) is 34.8 Å². The molecule has 2 aromatic carbocycles. The highest BCUT2D eigenvalue weighted by molar-refractivity contribution is 6.25. The van der Waals surface area contributed by atoms with Gasteiger partial charge in [0.2, 0.25) is 11.7 Å². The molecule has 2 saturated carbocycles. The molecule has 3 aliphatic rings. The van der Waals surface area contributed by atoms with Gasteiger partial charge in [-0.15, -0.1) is 0 Å². The number of amides is 1. The van der Waals surface area contributed by atoms with Gasteiger partial charge in [0.1, 0.15) is 28.9 Å². The van der Waals surface area contributed by atoms with Crippen LogP contribution in [0.2, 0.25) is 0 Å². The van der Waals surface area contributed by atoms with Crippen LogP contribution in [0.3, 0.4) is 0 Å². The summed E-state index contributed by atoms with van der Waals surface area (Å²) >= 11 is 0. The fourth-order valence-corrected chi connectivity index (χ4v) is 8.46. The van der Waals surface area contributed by atoms with Crippen molar-refractivity contribution in [3.8, 4) is 17.1 Å². The Bertz CT molecular complexity index is 1900. The van der Waals surface area contributed by atoms with Crippen molar-refractivity contribution in [2.45, 2.75) is 43.7 Å². The summed E-state index contributed by atoms with van der Waals surface area (Å²) in [7, 11) is 11.0. The number of nitrogens with zero attached hydrogens (tertiary/aromatic N) is 4. The summed E-state index contributed by atoms with van der Waals surface area (Å²) in [5.41, 5.74) is 5.31. The van der Waals surface area contributed by atoms with Crippen molar-refractivity contribution in [1.82, 2.24) is 14.7 Å². The number of likely N-dealkylation sites (N-methyl/N-ethyl adjacent to an activating group) is 2. The van der Waals surface area contributed by atoms with Crippen molar-refractivity contribution >= 4 is 28.9 Å². The van der Waals surface area contributed by atoms with Crippen molar-refractivity contribution in [3.63, 3.8) is 0 Å². The average molecular weight is 716 g/mol. The summed E-state index contributed by atoms with van der Waals surface area (Å²) in [6.45, 7) is 2.84. The van der Waals surface area contributed by atoms with Crippen molar-refractivity contribution < 1.29 is 39.2 Å². The third-order valence-corrected chi connectivity index (χ3v) is 11.0. The third-order valence-electron chi connectivity index (χ3n) is 11.0. The number of furan rings is 1. The Kier molecular flexibility index (Phi) is 10.1. The van der Waals surface area contributed by atoms with Gasteiger partial charge in [-0.25, -0.2) is 0 Å². The zero-order valence-electron chi connectivity index (χ0n) is 30.5. The molecule has 1 amide bonds. The van der Waals surface area contributed by atoms with E-state index in [4.69, 9.17) is 10.2 Å². The molecule has 0 aliphatic heterocycles. The van der Waals surface area contributed by atoms with Crippen LogP contribution in [0.15, 0.2) is 58.5 Å². The Hall–Kier alpha value is -4.53. The lowest BCUT2D eigenvalue weighted by Gasteiger charge is -2.53. The van der Waals surface area contributed by atoms with E-state index >= 15 is 0 Å². The van der Waals surface area contributed by atoms with Gasteiger partial charge in [-0.3, -0.25) is 19.3 Å². The Morgan fingerprint density at radius 1 is 0.981 bits per heavy atom. The maximum atomic E-state index is 14.3. The summed E-state index contributed by atoms with van der Waals surface area (Å²) < 4.78 is 6.34. The van der Waals surface area contributed by atoms with Crippen LogP contribution >= 0.6 is 0 Å². The van der Waals surface area contributed by atoms with Crippen LogP contribution in [0.25, 0.3) is 17.1 Å². The Balaban J connectivity index is 1.40. The minimum Gasteiger partial charge on any atom is -0.507 e. The Morgan fingerprint density at radius 2 is 1.67 bits per heavy atom. The van der Waals surface area contributed by atoms with Gasteiger partial charge in [0, 0.05) is 56.9 Å². The normalized spacial score (nSPS) is 25.8. The van der Waals surface area contributed by atoms with E-state index in [2.05, 4.69) is 21.9 Å². The van der Waals surface area contributed by atoms with E-state index in [1.807, 2.05) is 57.4 Å². The van der Waals surface area contributed by atoms with E-state index < -0.39 is 58.7 Å². The summed E-state index contributed by atoms with van der Waals surface area (Å²) in [6.07, 6.45) is -1.31. The molecule has 13 nitrogen and oxygen atoms in total. The molecule has 6 atom stereocenters. The van der Waals surface area contributed by atoms with Crippen molar-refractivity contribution in [1.29, 1.82) is 0 Å². The minimum absolute atomic E-state index is 0.0105. The lowest BCUT2D eigenvalue weighted by Crippen LogP contribution is -2.73. The maximum absolute atomic E-state index is 14.3. The number of phenolic OH excluding ortho intramolecular Hbond substituents is 1. The summed E-state index contributed by atoms with van der Waals surface area (Å²) in [5.74, 6) is -6.81. The zero-order chi connectivity index (χ0) is 37.8. The SMILES string of the molecule is CN(C)CCN(Cc1ccccc1)Cc1ccc(-c2cc(N(C)C)c3c(c2O)C(O)=C2C(=O)[C@]4(O)C(=O)C(C(N)=O)C(O)[C@@H](N(C)C)[C@@H]4C[C@@H]2C3)o1. The molecule has 6 rings (SSSR count). The lowest BCUT2D eigenvalue weighted by molar-refractivity contribution is -0.184. The number of primary amides is 1. The second-order valence-electron chi connectivity index (χ2n) is 15.1. The first kappa shape index (κ1) is 37.2. The number of benzene rings is 2.